The molecule has 7 nitrogen and oxygen atoms in total. The molecule has 2 aromatic rings. The van der Waals surface area contributed by atoms with Gasteiger partial charge in [-0.2, -0.15) is 4.98 Å². The fourth-order valence-electron chi connectivity index (χ4n) is 2.37. The Morgan fingerprint density at radius 2 is 2.04 bits per heavy atom. The van der Waals surface area contributed by atoms with Crippen LogP contribution in [-0.2, 0) is 6.42 Å². The fourth-order valence-corrected chi connectivity index (χ4v) is 2.37. The number of hydrogen-bond donors (Lipinski definition) is 2. The molecular formula is C17H24N4O3. The molecule has 0 saturated heterocycles. The maximum Gasteiger partial charge on any atom is 0.317 e. The minimum absolute atomic E-state index is 0.000877. The van der Waals surface area contributed by atoms with Crippen LogP contribution in [0.5, 0.6) is 5.75 Å². The van der Waals surface area contributed by atoms with Crippen molar-refractivity contribution in [3.8, 4) is 5.75 Å². The number of rotatable bonds is 6. The normalized spacial score (nSPS) is 13.3. The molecule has 2 N–H and O–H groups in total. The monoisotopic (exact) mass is 332 g/mol. The van der Waals surface area contributed by atoms with Crippen LogP contribution in [0.3, 0.4) is 0 Å². The van der Waals surface area contributed by atoms with Crippen molar-refractivity contribution in [1.82, 2.24) is 20.4 Å². The van der Waals surface area contributed by atoms with E-state index in [2.05, 4.69) is 15.5 Å². The van der Waals surface area contributed by atoms with Crippen LogP contribution in [0.1, 0.15) is 43.6 Å². The van der Waals surface area contributed by atoms with E-state index in [-0.39, 0.29) is 23.9 Å². The van der Waals surface area contributed by atoms with Gasteiger partial charge in [0.05, 0.1) is 6.04 Å². The second kappa shape index (κ2) is 7.81. The zero-order valence-electron chi connectivity index (χ0n) is 14.5. The summed E-state index contributed by atoms with van der Waals surface area (Å²) in [6, 6.07) is 6.54. The molecule has 0 fully saturated rings. The van der Waals surface area contributed by atoms with E-state index in [1.54, 1.807) is 31.0 Å². The lowest BCUT2D eigenvalue weighted by atomic mass is 10.1. The second-order valence-corrected chi connectivity index (χ2v) is 5.91. The fraction of sp³-hybridized carbons (Fsp3) is 0.471. The maximum absolute atomic E-state index is 12.5. The Bertz CT molecular complexity index is 669. The third-order valence-corrected chi connectivity index (χ3v) is 4.01. The van der Waals surface area contributed by atoms with Gasteiger partial charge in [0.1, 0.15) is 5.75 Å². The molecule has 1 aromatic heterocycles. The molecule has 0 spiro atoms. The minimum Gasteiger partial charge on any atom is -0.508 e. The van der Waals surface area contributed by atoms with Crippen molar-refractivity contribution in [3.63, 3.8) is 0 Å². The van der Waals surface area contributed by atoms with Crippen molar-refractivity contribution >= 4 is 6.03 Å². The second-order valence-electron chi connectivity index (χ2n) is 5.91. The summed E-state index contributed by atoms with van der Waals surface area (Å²) >= 11 is 0. The molecule has 0 aliphatic carbocycles. The molecule has 0 bridgehead atoms. The van der Waals surface area contributed by atoms with Gasteiger partial charge in [0, 0.05) is 20.0 Å². The first-order chi connectivity index (χ1) is 11.4. The van der Waals surface area contributed by atoms with Crippen molar-refractivity contribution in [3.05, 3.63) is 41.5 Å². The predicted octanol–water partition coefficient (Wildman–Crippen LogP) is 2.81. The third kappa shape index (κ3) is 4.47. The summed E-state index contributed by atoms with van der Waals surface area (Å²) in [6.45, 7) is 5.65. The Morgan fingerprint density at radius 3 is 2.58 bits per heavy atom. The number of likely N-dealkylation sites (N-methyl/N-ethyl adjacent to an activating group) is 1. The van der Waals surface area contributed by atoms with E-state index in [9.17, 15) is 9.90 Å². The van der Waals surface area contributed by atoms with Gasteiger partial charge in [0.15, 0.2) is 5.82 Å². The van der Waals surface area contributed by atoms with Crippen molar-refractivity contribution in [2.75, 3.05) is 7.05 Å². The lowest BCUT2D eigenvalue weighted by Gasteiger charge is -2.27. The SMILES string of the molecule is CCC(NC(=O)N(C)C(C)Cc1ccc(O)cc1)c1noc(C)n1. The molecule has 0 radical (unpaired) electrons. The average molecular weight is 332 g/mol. The summed E-state index contributed by atoms with van der Waals surface area (Å²) in [5.41, 5.74) is 1.06. The molecular weight excluding hydrogens is 308 g/mol. The van der Waals surface area contributed by atoms with Gasteiger partial charge in [0.2, 0.25) is 5.89 Å². The number of nitrogens with one attached hydrogen (secondary N) is 1. The summed E-state index contributed by atoms with van der Waals surface area (Å²) in [7, 11) is 1.76. The number of benzene rings is 1. The van der Waals surface area contributed by atoms with Crippen LogP contribution in [-0.4, -0.2) is 39.3 Å². The number of aryl methyl sites for hydroxylation is 1. The van der Waals surface area contributed by atoms with Crippen LogP contribution < -0.4 is 5.32 Å². The minimum atomic E-state index is -0.279. The van der Waals surface area contributed by atoms with E-state index >= 15 is 0 Å². The summed E-state index contributed by atoms with van der Waals surface area (Å²) < 4.78 is 4.98. The van der Waals surface area contributed by atoms with E-state index in [0.717, 1.165) is 5.56 Å². The summed E-state index contributed by atoms with van der Waals surface area (Å²) in [6.07, 6.45) is 1.37. The van der Waals surface area contributed by atoms with Gasteiger partial charge in [-0.15, -0.1) is 0 Å². The highest BCUT2D eigenvalue weighted by atomic mass is 16.5. The Hall–Kier alpha value is -2.57. The van der Waals surface area contributed by atoms with Crippen molar-refractivity contribution in [2.24, 2.45) is 0 Å². The number of phenolic OH excluding ortho intramolecular Hbond substituents is 1. The molecule has 0 saturated carbocycles. The summed E-state index contributed by atoms with van der Waals surface area (Å²) in [5, 5.41) is 16.1. The van der Waals surface area contributed by atoms with Crippen LogP contribution in [0.4, 0.5) is 4.79 Å². The molecule has 24 heavy (non-hydrogen) atoms. The molecule has 130 valence electrons. The maximum atomic E-state index is 12.5. The Kier molecular flexibility index (Phi) is 5.78. The number of carbonyl (C=O) groups is 1. The molecule has 0 aliphatic rings. The molecule has 7 heteroatoms. The van der Waals surface area contributed by atoms with Crippen molar-refractivity contribution in [2.45, 2.75) is 45.7 Å². The van der Waals surface area contributed by atoms with Gasteiger partial charge in [-0.05, 0) is 37.5 Å². The van der Waals surface area contributed by atoms with E-state index in [0.29, 0.717) is 24.6 Å². The van der Waals surface area contributed by atoms with E-state index in [1.807, 2.05) is 26.0 Å². The standard InChI is InChI=1S/C17H24N4O3/c1-5-15(16-18-12(3)24-20-16)19-17(23)21(4)11(2)10-13-6-8-14(22)9-7-13/h6-9,11,15,22H,5,10H2,1-4H3,(H,19,23). The first-order valence-corrected chi connectivity index (χ1v) is 8.02. The number of amides is 2. The number of carbonyl (C=O) groups excluding carboxylic acids is 1. The molecule has 2 unspecified atom stereocenters. The predicted molar refractivity (Wildman–Crippen MR) is 89.6 cm³/mol. The van der Waals surface area contributed by atoms with Crippen LogP contribution in [0.2, 0.25) is 0 Å². The van der Waals surface area contributed by atoms with Gasteiger partial charge in [-0.25, -0.2) is 4.79 Å². The quantitative estimate of drug-likeness (QED) is 0.848. The lowest BCUT2D eigenvalue weighted by Crippen LogP contribution is -2.44. The molecule has 2 amide bonds. The van der Waals surface area contributed by atoms with E-state index < -0.39 is 0 Å². The van der Waals surface area contributed by atoms with Crippen LogP contribution in [0, 0.1) is 6.92 Å². The molecule has 2 atom stereocenters. The van der Waals surface area contributed by atoms with E-state index in [1.165, 1.54) is 0 Å². The van der Waals surface area contributed by atoms with Crippen LogP contribution in [0.15, 0.2) is 28.8 Å². The van der Waals surface area contributed by atoms with E-state index in [4.69, 9.17) is 4.52 Å². The summed E-state index contributed by atoms with van der Waals surface area (Å²) in [5.74, 6) is 1.20. The zero-order chi connectivity index (χ0) is 17.7. The number of nitrogens with zero attached hydrogens (tertiary/aromatic N) is 3. The van der Waals surface area contributed by atoms with Crippen LogP contribution in [0.25, 0.3) is 0 Å². The topological polar surface area (TPSA) is 91.5 Å². The highest BCUT2D eigenvalue weighted by Crippen LogP contribution is 2.16. The Morgan fingerprint density at radius 1 is 1.38 bits per heavy atom. The first kappa shape index (κ1) is 17.8. The van der Waals surface area contributed by atoms with Crippen LogP contribution >= 0.6 is 0 Å². The number of urea groups is 1. The van der Waals surface area contributed by atoms with Gasteiger partial charge < -0.3 is 19.8 Å². The van der Waals surface area contributed by atoms with Gasteiger partial charge >= 0.3 is 6.03 Å². The smallest absolute Gasteiger partial charge is 0.317 e. The molecule has 0 aliphatic heterocycles. The highest BCUT2D eigenvalue weighted by molar-refractivity contribution is 5.74. The average Bonchev–Trinajstić information content (AvgIpc) is 3.00. The zero-order valence-corrected chi connectivity index (χ0v) is 14.5. The molecule has 1 aromatic carbocycles. The van der Waals surface area contributed by atoms with Crippen molar-refractivity contribution < 1.29 is 14.4 Å². The van der Waals surface area contributed by atoms with Gasteiger partial charge in [-0.3, -0.25) is 0 Å². The number of aromatic nitrogens is 2. The highest BCUT2D eigenvalue weighted by Gasteiger charge is 2.22. The lowest BCUT2D eigenvalue weighted by molar-refractivity contribution is 0.188. The Balaban J connectivity index is 1.95. The van der Waals surface area contributed by atoms with Crippen molar-refractivity contribution in [1.29, 1.82) is 0 Å². The van der Waals surface area contributed by atoms with Gasteiger partial charge in [-0.1, -0.05) is 24.2 Å². The molecule has 2 rings (SSSR count). The van der Waals surface area contributed by atoms with Gasteiger partial charge in [0.25, 0.3) is 0 Å². The third-order valence-electron chi connectivity index (χ3n) is 4.01. The molecule has 1 heterocycles. The largest absolute Gasteiger partial charge is 0.508 e. The first-order valence-electron chi connectivity index (χ1n) is 8.02. The Labute approximate surface area is 141 Å². The number of hydrogen-bond acceptors (Lipinski definition) is 5. The number of phenols is 1. The number of aromatic hydroxyl groups is 1. The summed E-state index contributed by atoms with van der Waals surface area (Å²) in [4.78, 5) is 18.3.